The lowest BCUT2D eigenvalue weighted by atomic mass is 9.92. The summed E-state index contributed by atoms with van der Waals surface area (Å²) >= 11 is 0. The highest BCUT2D eigenvalue weighted by atomic mass is 19.4. The molecule has 2 aromatic rings. The van der Waals surface area contributed by atoms with E-state index in [4.69, 9.17) is 10.00 Å². The van der Waals surface area contributed by atoms with E-state index in [2.05, 4.69) is 28.6 Å². The second-order valence-corrected chi connectivity index (χ2v) is 8.29. The van der Waals surface area contributed by atoms with Crippen LogP contribution in [0.4, 0.5) is 30.2 Å². The van der Waals surface area contributed by atoms with Gasteiger partial charge < -0.3 is 25.8 Å². The van der Waals surface area contributed by atoms with Crippen LogP contribution in [0.3, 0.4) is 0 Å². The number of carbonyl (C=O) groups excluding carboxylic acids is 1. The number of methoxy groups -OCH3 is 1. The minimum absolute atomic E-state index is 0.0949. The predicted molar refractivity (Wildman–Crippen MR) is 137 cm³/mol. The van der Waals surface area contributed by atoms with Crippen LogP contribution in [0.1, 0.15) is 54.9 Å². The number of benzene rings is 2. The van der Waals surface area contributed by atoms with E-state index < -0.39 is 29.9 Å². The molecule has 0 fully saturated rings. The van der Waals surface area contributed by atoms with Crippen molar-refractivity contribution >= 4 is 29.2 Å². The van der Waals surface area contributed by atoms with Gasteiger partial charge in [0.25, 0.3) is 5.91 Å². The summed E-state index contributed by atoms with van der Waals surface area (Å²) in [4.78, 5) is 16.7. The van der Waals surface area contributed by atoms with Crippen molar-refractivity contribution in [1.29, 1.82) is 5.26 Å². The molecule has 37 heavy (non-hydrogen) atoms. The van der Waals surface area contributed by atoms with Gasteiger partial charge in [-0.1, -0.05) is 25.8 Å². The lowest BCUT2D eigenvalue weighted by molar-refractivity contribution is -0.123. The number of aromatic hydroxyl groups is 1. The van der Waals surface area contributed by atoms with Crippen LogP contribution in [0.5, 0.6) is 11.5 Å². The number of hydrogen-bond acceptors (Lipinski definition) is 7. The number of amides is 1. The Balaban J connectivity index is 2.35. The van der Waals surface area contributed by atoms with Gasteiger partial charge in [-0.2, -0.15) is 18.4 Å². The van der Waals surface area contributed by atoms with Gasteiger partial charge in [0.15, 0.2) is 0 Å². The molecule has 0 aliphatic heterocycles. The zero-order valence-corrected chi connectivity index (χ0v) is 21.1. The molecule has 0 spiro atoms. The lowest BCUT2D eigenvalue weighted by Crippen LogP contribution is -2.33. The number of hydrogen-bond donors (Lipinski definition) is 4. The average Bonchev–Trinajstić information content (AvgIpc) is 2.85. The number of unbranched alkanes of at least 4 members (excludes halogenated alkanes) is 1. The van der Waals surface area contributed by atoms with E-state index in [1.807, 2.05) is 18.2 Å². The first-order valence-corrected chi connectivity index (χ1v) is 11.9. The minimum Gasteiger partial charge on any atom is -0.507 e. The highest BCUT2D eigenvalue weighted by molar-refractivity contribution is 6.00. The number of nitrogens with one attached hydrogen (secondary N) is 3. The summed E-state index contributed by atoms with van der Waals surface area (Å²) in [5, 5.41) is 27.3. The number of phenolic OH excluding ortho intramolecular Hbond substituents is 1. The average molecular weight is 520 g/mol. The maximum atomic E-state index is 12.5. The third-order valence-electron chi connectivity index (χ3n) is 5.52. The number of ether oxygens (including phenoxy) is 1. The van der Waals surface area contributed by atoms with Crippen molar-refractivity contribution in [2.24, 2.45) is 4.99 Å². The fraction of sp³-hybridized carbons (Fsp3) is 0.423. The number of carbonyl (C=O) groups is 1. The third-order valence-corrected chi connectivity index (χ3v) is 5.52. The second kappa shape index (κ2) is 14.1. The van der Waals surface area contributed by atoms with Crippen molar-refractivity contribution in [3.8, 4) is 17.6 Å². The van der Waals surface area contributed by atoms with Crippen molar-refractivity contribution in [1.82, 2.24) is 10.6 Å². The number of nitriles is 1. The van der Waals surface area contributed by atoms with Crippen LogP contribution >= 0.6 is 0 Å². The van der Waals surface area contributed by atoms with Gasteiger partial charge in [0.05, 0.1) is 31.1 Å². The highest BCUT2D eigenvalue weighted by Gasteiger charge is 2.29. The van der Waals surface area contributed by atoms with E-state index in [1.54, 1.807) is 18.5 Å². The lowest BCUT2D eigenvalue weighted by Gasteiger charge is -2.20. The largest absolute Gasteiger partial charge is 0.507 e. The Morgan fingerprint density at radius 2 is 2.05 bits per heavy atom. The Morgan fingerprint density at radius 1 is 1.30 bits per heavy atom. The number of rotatable bonds is 13. The first-order valence-electron chi connectivity index (χ1n) is 11.9. The Labute approximate surface area is 214 Å². The van der Waals surface area contributed by atoms with E-state index in [0.717, 1.165) is 24.8 Å². The minimum atomic E-state index is -4.59. The van der Waals surface area contributed by atoms with Crippen LogP contribution in [-0.2, 0) is 0 Å². The fourth-order valence-electron chi connectivity index (χ4n) is 3.78. The van der Waals surface area contributed by atoms with E-state index in [1.165, 1.54) is 19.2 Å². The first-order chi connectivity index (χ1) is 17.6. The maximum absolute atomic E-state index is 12.5. The molecule has 11 heteroatoms. The third kappa shape index (κ3) is 8.99. The van der Waals surface area contributed by atoms with Gasteiger partial charge in [-0.3, -0.25) is 9.79 Å². The van der Waals surface area contributed by atoms with E-state index in [-0.39, 0.29) is 18.2 Å². The highest BCUT2D eigenvalue weighted by Crippen LogP contribution is 2.37. The molecule has 0 aliphatic rings. The summed E-state index contributed by atoms with van der Waals surface area (Å²) in [5.74, 6) is -1.56. The van der Waals surface area contributed by atoms with Gasteiger partial charge in [0, 0.05) is 30.6 Å². The van der Waals surface area contributed by atoms with Crippen LogP contribution in [-0.4, -0.2) is 50.1 Å². The van der Waals surface area contributed by atoms with E-state index in [9.17, 15) is 23.1 Å². The van der Waals surface area contributed by atoms with Gasteiger partial charge in [0.2, 0.25) is 0 Å². The molecule has 0 saturated heterocycles. The fourth-order valence-corrected chi connectivity index (χ4v) is 3.78. The number of nitrogens with zero attached hydrogens (tertiary/aromatic N) is 2. The molecule has 4 N–H and O–H groups in total. The number of phenols is 1. The normalized spacial score (nSPS) is 12.2. The van der Waals surface area contributed by atoms with Gasteiger partial charge in [-0.15, -0.1) is 0 Å². The quantitative estimate of drug-likeness (QED) is 0.157. The van der Waals surface area contributed by atoms with Crippen molar-refractivity contribution in [3.63, 3.8) is 0 Å². The van der Waals surface area contributed by atoms with Gasteiger partial charge in [0.1, 0.15) is 23.6 Å². The molecule has 1 amide bonds. The molecular formula is C26H32F3N5O3. The SMILES string of the molecule is CC=Nc1cc(C(CCCC)CNCC#N)ccc1Nc1cc(O)c(C(=O)NCC(F)(F)F)c(OC)c1. The molecule has 0 radical (unpaired) electrons. The van der Waals surface area contributed by atoms with Gasteiger partial charge in [-0.05, 0) is 37.0 Å². The van der Waals surface area contributed by atoms with Crippen LogP contribution in [0.15, 0.2) is 35.3 Å². The number of aliphatic imine (C=N–C) groups is 1. The van der Waals surface area contributed by atoms with Gasteiger partial charge in [-0.25, -0.2) is 0 Å². The van der Waals surface area contributed by atoms with Crippen LogP contribution in [0, 0.1) is 11.3 Å². The van der Waals surface area contributed by atoms with Crippen LogP contribution in [0.25, 0.3) is 0 Å². The van der Waals surface area contributed by atoms with Crippen LogP contribution < -0.4 is 20.7 Å². The molecule has 0 bridgehead atoms. The molecule has 0 saturated carbocycles. The summed E-state index contributed by atoms with van der Waals surface area (Å²) in [7, 11) is 1.25. The number of anilines is 2. The molecule has 8 nitrogen and oxygen atoms in total. The van der Waals surface area contributed by atoms with E-state index >= 15 is 0 Å². The summed E-state index contributed by atoms with van der Waals surface area (Å²) in [6.45, 7) is 3.28. The van der Waals surface area contributed by atoms with Crippen molar-refractivity contribution in [3.05, 3.63) is 41.5 Å². The second-order valence-electron chi connectivity index (χ2n) is 8.29. The van der Waals surface area contributed by atoms with Crippen molar-refractivity contribution in [2.75, 3.05) is 32.1 Å². The molecule has 2 rings (SSSR count). The summed E-state index contributed by atoms with van der Waals surface area (Å²) in [5.41, 5.74) is 2.24. The zero-order chi connectivity index (χ0) is 27.4. The summed E-state index contributed by atoms with van der Waals surface area (Å²) in [6, 6.07) is 10.5. The Bertz CT molecular complexity index is 1130. The Morgan fingerprint density at radius 3 is 2.68 bits per heavy atom. The summed E-state index contributed by atoms with van der Waals surface area (Å²) in [6.07, 6.45) is 0.0756. The molecular weight excluding hydrogens is 487 g/mol. The molecule has 0 aliphatic carbocycles. The zero-order valence-electron chi connectivity index (χ0n) is 21.1. The van der Waals surface area contributed by atoms with Crippen molar-refractivity contribution < 1.29 is 27.8 Å². The predicted octanol–water partition coefficient (Wildman–Crippen LogP) is 5.55. The molecule has 0 aromatic heterocycles. The van der Waals surface area contributed by atoms with Gasteiger partial charge >= 0.3 is 6.18 Å². The molecule has 1 unspecified atom stereocenters. The Kier molecular flexibility index (Phi) is 11.2. The van der Waals surface area contributed by atoms with Crippen molar-refractivity contribution in [2.45, 2.75) is 45.2 Å². The number of halogens is 3. The Hall–Kier alpha value is -3.78. The van der Waals surface area contributed by atoms with Crippen LogP contribution in [0.2, 0.25) is 0 Å². The van der Waals surface area contributed by atoms with E-state index in [0.29, 0.717) is 23.6 Å². The smallest absolute Gasteiger partial charge is 0.405 e. The first kappa shape index (κ1) is 29.5. The topological polar surface area (TPSA) is 119 Å². The standard InChI is InChI=1S/C26H32F3N5O3/c1-4-6-7-18(15-31-11-10-30)17-8-9-20(21(12-17)32-5-2)34-19-13-22(35)24(23(14-19)37-3)25(36)33-16-26(27,28)29/h5,8-9,12-14,18,31,34-35H,4,6-7,11,15-16H2,1-3H3,(H,33,36). The molecule has 0 heterocycles. The number of alkyl halides is 3. The molecule has 1 atom stereocenters. The molecule has 200 valence electrons. The monoisotopic (exact) mass is 519 g/mol. The summed E-state index contributed by atoms with van der Waals surface area (Å²) < 4.78 is 42.6. The maximum Gasteiger partial charge on any atom is 0.405 e. The molecule has 2 aromatic carbocycles.